The predicted molar refractivity (Wildman–Crippen MR) is 103 cm³/mol. The summed E-state index contributed by atoms with van der Waals surface area (Å²) in [5.41, 5.74) is 2.86. The number of halogens is 2. The lowest BCUT2D eigenvalue weighted by molar-refractivity contribution is 0.600. The van der Waals surface area contributed by atoms with Gasteiger partial charge >= 0.3 is 0 Å². The van der Waals surface area contributed by atoms with Crippen LogP contribution in [0.3, 0.4) is 0 Å². The minimum atomic E-state index is -3.84. The van der Waals surface area contributed by atoms with Gasteiger partial charge < -0.3 is 0 Å². The van der Waals surface area contributed by atoms with Crippen molar-refractivity contribution in [2.75, 3.05) is 4.72 Å². The average molecular weight is 438 g/mol. The Bertz CT molecular complexity index is 1080. The first-order valence-corrected chi connectivity index (χ1v) is 10.1. The molecule has 5 nitrogen and oxygen atoms in total. The fraction of sp³-hybridized carbons (Fsp3) is 0.167. The van der Waals surface area contributed by atoms with E-state index in [-0.39, 0.29) is 10.7 Å². The maximum atomic E-state index is 13.1. The Hall–Kier alpha value is -2.19. The molecule has 2 aromatic carbocycles. The molecule has 0 atom stereocenters. The number of anilines is 1. The van der Waals surface area contributed by atoms with E-state index in [2.05, 4.69) is 25.8 Å². The molecular formula is C18H17BrFN3O2S. The van der Waals surface area contributed by atoms with Crippen molar-refractivity contribution in [3.05, 3.63) is 69.7 Å². The summed E-state index contributed by atoms with van der Waals surface area (Å²) < 4.78 is 43.8. The first-order chi connectivity index (χ1) is 12.2. The summed E-state index contributed by atoms with van der Waals surface area (Å²) in [7, 11) is -3.84. The van der Waals surface area contributed by atoms with Crippen molar-refractivity contribution in [3.8, 4) is 5.69 Å². The van der Waals surface area contributed by atoms with Gasteiger partial charge in [0, 0.05) is 4.47 Å². The van der Waals surface area contributed by atoms with Gasteiger partial charge in [-0.15, -0.1) is 0 Å². The van der Waals surface area contributed by atoms with Crippen LogP contribution in [0.2, 0.25) is 0 Å². The van der Waals surface area contributed by atoms with Gasteiger partial charge in [0.25, 0.3) is 10.0 Å². The maximum absolute atomic E-state index is 13.1. The zero-order valence-corrected chi connectivity index (χ0v) is 16.8. The summed E-state index contributed by atoms with van der Waals surface area (Å²) in [6.45, 7) is 5.22. The molecule has 8 heteroatoms. The third-order valence-electron chi connectivity index (χ3n) is 3.93. The molecule has 0 unspecified atom stereocenters. The molecule has 0 fully saturated rings. The zero-order valence-electron chi connectivity index (χ0n) is 14.4. The van der Waals surface area contributed by atoms with E-state index in [1.807, 2.05) is 19.1 Å². The van der Waals surface area contributed by atoms with E-state index in [1.54, 1.807) is 32.0 Å². The number of rotatable bonds is 4. The van der Waals surface area contributed by atoms with Crippen LogP contribution >= 0.6 is 15.9 Å². The molecule has 136 valence electrons. The lowest BCUT2D eigenvalue weighted by Gasteiger charge is -2.11. The minimum Gasteiger partial charge on any atom is -0.278 e. The van der Waals surface area contributed by atoms with Gasteiger partial charge in [-0.3, -0.25) is 4.72 Å². The Morgan fingerprint density at radius 1 is 1.08 bits per heavy atom. The number of hydrogen-bond donors (Lipinski definition) is 1. The normalized spacial score (nSPS) is 11.6. The molecule has 3 rings (SSSR count). The summed E-state index contributed by atoms with van der Waals surface area (Å²) in [6, 6.07) is 11.1. The quantitative estimate of drug-likeness (QED) is 0.653. The summed E-state index contributed by atoms with van der Waals surface area (Å²) in [4.78, 5) is 0.106. The van der Waals surface area contributed by atoms with Crippen LogP contribution in [0, 0.1) is 26.6 Å². The number of nitrogens with zero attached hydrogens (tertiary/aromatic N) is 2. The van der Waals surface area contributed by atoms with E-state index in [9.17, 15) is 12.8 Å². The molecule has 0 aliphatic heterocycles. The van der Waals surface area contributed by atoms with E-state index >= 15 is 0 Å². The zero-order chi connectivity index (χ0) is 19.1. The third kappa shape index (κ3) is 3.52. The molecule has 0 bridgehead atoms. The van der Waals surface area contributed by atoms with Crippen molar-refractivity contribution in [3.63, 3.8) is 0 Å². The summed E-state index contributed by atoms with van der Waals surface area (Å²) in [5.74, 6) is -0.367. The van der Waals surface area contributed by atoms with E-state index in [0.717, 1.165) is 5.56 Å². The molecule has 0 aliphatic rings. The lowest BCUT2D eigenvalue weighted by Crippen LogP contribution is -2.15. The monoisotopic (exact) mass is 437 g/mol. The topological polar surface area (TPSA) is 64.0 Å². The first-order valence-electron chi connectivity index (χ1n) is 7.80. The number of aromatic nitrogens is 2. The molecule has 0 saturated carbocycles. The molecular weight excluding hydrogens is 421 g/mol. The SMILES string of the molecule is Cc1ccc(NS(=O)(=O)c2c(C)nn(-c3ccc(F)cc3)c2C)c(Br)c1. The second-order valence-electron chi connectivity index (χ2n) is 5.98. The average Bonchev–Trinajstić information content (AvgIpc) is 2.86. The number of nitrogens with one attached hydrogen (secondary N) is 1. The van der Waals surface area contributed by atoms with E-state index in [1.165, 1.54) is 16.8 Å². The van der Waals surface area contributed by atoms with Crippen molar-refractivity contribution in [2.45, 2.75) is 25.7 Å². The lowest BCUT2D eigenvalue weighted by atomic mass is 10.2. The van der Waals surface area contributed by atoms with Crippen LogP contribution in [0.5, 0.6) is 0 Å². The predicted octanol–water partition coefficient (Wildman–Crippen LogP) is 4.50. The Morgan fingerprint density at radius 2 is 1.73 bits per heavy atom. The standard InChI is InChI=1S/C18H17BrFN3O2S/c1-11-4-9-17(16(19)10-11)22-26(24,25)18-12(2)21-23(13(18)3)15-7-5-14(20)6-8-15/h4-10,22H,1-3H3. The van der Waals surface area contributed by atoms with Crippen LogP contribution in [0.15, 0.2) is 51.8 Å². The van der Waals surface area contributed by atoms with Crippen LogP contribution in [-0.4, -0.2) is 18.2 Å². The molecule has 1 heterocycles. The van der Waals surface area contributed by atoms with Crippen molar-refractivity contribution in [1.29, 1.82) is 0 Å². The molecule has 1 N–H and O–H groups in total. The van der Waals surface area contributed by atoms with Gasteiger partial charge in [-0.1, -0.05) is 6.07 Å². The Balaban J connectivity index is 2.04. The van der Waals surface area contributed by atoms with Gasteiger partial charge in [0.2, 0.25) is 0 Å². The van der Waals surface area contributed by atoms with Gasteiger partial charge in [0.1, 0.15) is 10.7 Å². The highest BCUT2D eigenvalue weighted by molar-refractivity contribution is 9.10. The number of sulfonamides is 1. The van der Waals surface area contributed by atoms with Crippen LogP contribution < -0.4 is 4.72 Å². The molecule has 0 amide bonds. The Kier molecular flexibility index (Phi) is 4.90. The van der Waals surface area contributed by atoms with E-state index < -0.39 is 10.0 Å². The van der Waals surface area contributed by atoms with Gasteiger partial charge in [-0.25, -0.2) is 17.5 Å². The summed E-state index contributed by atoms with van der Waals surface area (Å²) >= 11 is 3.37. The fourth-order valence-electron chi connectivity index (χ4n) is 2.75. The molecule has 1 aromatic heterocycles. The van der Waals surface area contributed by atoms with Gasteiger partial charge in [-0.05, 0) is 78.7 Å². The third-order valence-corrected chi connectivity index (χ3v) is 6.21. The Morgan fingerprint density at radius 3 is 2.35 bits per heavy atom. The van der Waals surface area contributed by atoms with Gasteiger partial charge in [-0.2, -0.15) is 5.10 Å². The van der Waals surface area contributed by atoms with E-state index in [0.29, 0.717) is 27.2 Å². The fourth-order valence-corrected chi connectivity index (χ4v) is 4.95. The van der Waals surface area contributed by atoms with Crippen LogP contribution in [0.4, 0.5) is 10.1 Å². The highest BCUT2D eigenvalue weighted by Gasteiger charge is 2.26. The van der Waals surface area contributed by atoms with Gasteiger partial charge in [0.05, 0.1) is 22.8 Å². The maximum Gasteiger partial charge on any atom is 0.265 e. The minimum absolute atomic E-state index is 0.106. The first kappa shape index (κ1) is 18.6. The van der Waals surface area contributed by atoms with Crippen molar-refractivity contribution >= 4 is 31.6 Å². The molecule has 0 aliphatic carbocycles. The molecule has 0 spiro atoms. The number of benzene rings is 2. The molecule has 3 aromatic rings. The summed E-state index contributed by atoms with van der Waals surface area (Å²) in [5, 5.41) is 4.32. The summed E-state index contributed by atoms with van der Waals surface area (Å²) in [6.07, 6.45) is 0. The van der Waals surface area contributed by atoms with Crippen LogP contribution in [-0.2, 0) is 10.0 Å². The van der Waals surface area contributed by atoms with Gasteiger partial charge in [0.15, 0.2) is 0 Å². The second-order valence-corrected chi connectivity index (χ2v) is 8.45. The highest BCUT2D eigenvalue weighted by Crippen LogP contribution is 2.29. The van der Waals surface area contributed by atoms with Crippen LogP contribution in [0.25, 0.3) is 5.69 Å². The van der Waals surface area contributed by atoms with E-state index in [4.69, 9.17) is 0 Å². The smallest absolute Gasteiger partial charge is 0.265 e. The highest BCUT2D eigenvalue weighted by atomic mass is 79.9. The van der Waals surface area contributed by atoms with Crippen molar-refractivity contribution in [2.24, 2.45) is 0 Å². The Labute approximate surface area is 160 Å². The number of aryl methyl sites for hydroxylation is 2. The second kappa shape index (κ2) is 6.85. The molecule has 0 saturated heterocycles. The number of hydrogen-bond acceptors (Lipinski definition) is 3. The van der Waals surface area contributed by atoms with Crippen molar-refractivity contribution in [1.82, 2.24) is 9.78 Å². The largest absolute Gasteiger partial charge is 0.278 e. The van der Waals surface area contributed by atoms with Crippen LogP contribution in [0.1, 0.15) is 17.0 Å². The van der Waals surface area contributed by atoms with Crippen molar-refractivity contribution < 1.29 is 12.8 Å². The molecule has 0 radical (unpaired) electrons. The molecule has 26 heavy (non-hydrogen) atoms.